The molecule has 3 aromatic rings. The number of nitrogens with zero attached hydrogens (tertiary/aromatic N) is 2. The number of ether oxygens (including phenoxy) is 1. The highest BCUT2D eigenvalue weighted by Crippen LogP contribution is 2.46. The number of fused-ring (bicyclic) bond motifs is 1. The molecule has 1 aliphatic heterocycles. The molecule has 0 spiro atoms. The highest BCUT2D eigenvalue weighted by Gasteiger charge is 2.42. The lowest BCUT2D eigenvalue weighted by molar-refractivity contribution is -0.153. The fourth-order valence-corrected chi connectivity index (χ4v) is 3.98. The van der Waals surface area contributed by atoms with E-state index >= 15 is 0 Å². The number of pyridine rings is 1. The molecule has 2 heterocycles. The summed E-state index contributed by atoms with van der Waals surface area (Å²) in [7, 11) is 0. The Balaban J connectivity index is 1.47. The second kappa shape index (κ2) is 7.34. The topological polar surface area (TPSA) is 62.7 Å². The van der Waals surface area contributed by atoms with Gasteiger partial charge < -0.3 is 14.7 Å². The second-order valence-corrected chi connectivity index (χ2v) is 8.06. The van der Waals surface area contributed by atoms with Crippen molar-refractivity contribution in [1.82, 2.24) is 4.98 Å². The Kier molecular flexibility index (Phi) is 4.70. The van der Waals surface area contributed by atoms with Crippen molar-refractivity contribution in [2.75, 3.05) is 11.5 Å². The number of benzene rings is 2. The Morgan fingerprint density at radius 1 is 1.03 bits per heavy atom. The summed E-state index contributed by atoms with van der Waals surface area (Å²) in [6.07, 6.45) is -1.54. The summed E-state index contributed by atoms with van der Waals surface area (Å²) in [5, 5.41) is 10.3. The Hall–Kier alpha value is -3.39. The molecule has 32 heavy (non-hydrogen) atoms. The predicted molar refractivity (Wildman–Crippen MR) is 111 cm³/mol. The highest BCUT2D eigenvalue weighted by molar-refractivity contribution is 6.11. The first-order valence-corrected chi connectivity index (χ1v) is 10.2. The van der Waals surface area contributed by atoms with Gasteiger partial charge in [0.2, 0.25) is 0 Å². The molecule has 0 atom stereocenters. The average Bonchev–Trinajstić information content (AvgIpc) is 3.45. The molecule has 0 bridgehead atoms. The van der Waals surface area contributed by atoms with E-state index in [1.165, 1.54) is 12.3 Å². The first-order chi connectivity index (χ1) is 15.3. The molecule has 1 saturated carbocycles. The SMILES string of the molecule is O=C1c2ccnc(-c3ccccc3OCC(F)(F)F)c2CN1c1ccc(C2(O)CC2)cc1. The van der Waals surface area contributed by atoms with Gasteiger partial charge in [-0.3, -0.25) is 9.78 Å². The number of alkyl halides is 3. The molecule has 5 rings (SSSR count). The van der Waals surface area contributed by atoms with Crippen LogP contribution in [-0.2, 0) is 12.1 Å². The van der Waals surface area contributed by atoms with E-state index in [1.54, 1.807) is 41.3 Å². The maximum atomic E-state index is 13.1. The molecule has 2 aromatic carbocycles. The molecule has 0 unspecified atom stereocenters. The minimum absolute atomic E-state index is 0.0543. The van der Waals surface area contributed by atoms with E-state index in [4.69, 9.17) is 4.74 Å². The molecule has 1 N–H and O–H groups in total. The summed E-state index contributed by atoms with van der Waals surface area (Å²) in [5.41, 5.74) is 2.63. The van der Waals surface area contributed by atoms with E-state index in [9.17, 15) is 23.1 Å². The fourth-order valence-electron chi connectivity index (χ4n) is 3.98. The van der Waals surface area contributed by atoms with Gasteiger partial charge in [-0.1, -0.05) is 24.3 Å². The van der Waals surface area contributed by atoms with Crippen LogP contribution in [0, 0.1) is 0 Å². The third-order valence-electron chi connectivity index (χ3n) is 5.82. The Morgan fingerprint density at radius 3 is 2.44 bits per heavy atom. The molecular formula is C24H19F3N2O3. The van der Waals surface area contributed by atoms with Gasteiger partial charge in [-0.05, 0) is 48.7 Å². The number of aliphatic hydroxyl groups is 1. The van der Waals surface area contributed by atoms with Gasteiger partial charge in [-0.15, -0.1) is 0 Å². The van der Waals surface area contributed by atoms with Gasteiger partial charge in [0.15, 0.2) is 6.61 Å². The number of para-hydroxylation sites is 1. The molecule has 1 amide bonds. The maximum Gasteiger partial charge on any atom is 0.422 e. The molecule has 164 valence electrons. The Labute approximate surface area is 182 Å². The van der Waals surface area contributed by atoms with Crippen molar-refractivity contribution < 1.29 is 27.8 Å². The summed E-state index contributed by atoms with van der Waals surface area (Å²) >= 11 is 0. The lowest BCUT2D eigenvalue weighted by Crippen LogP contribution is -2.23. The minimum Gasteiger partial charge on any atom is -0.483 e. The van der Waals surface area contributed by atoms with Crippen molar-refractivity contribution in [1.29, 1.82) is 0 Å². The van der Waals surface area contributed by atoms with Gasteiger partial charge in [0.25, 0.3) is 5.91 Å². The van der Waals surface area contributed by atoms with E-state index in [2.05, 4.69) is 4.98 Å². The van der Waals surface area contributed by atoms with E-state index < -0.39 is 18.4 Å². The van der Waals surface area contributed by atoms with Crippen molar-refractivity contribution in [3.05, 3.63) is 77.5 Å². The van der Waals surface area contributed by atoms with Gasteiger partial charge in [-0.25, -0.2) is 0 Å². The van der Waals surface area contributed by atoms with Gasteiger partial charge in [0, 0.05) is 28.6 Å². The van der Waals surface area contributed by atoms with Crippen LogP contribution in [0.3, 0.4) is 0 Å². The van der Waals surface area contributed by atoms with Crippen molar-refractivity contribution >= 4 is 11.6 Å². The molecular weight excluding hydrogens is 421 g/mol. The number of amides is 1. The lowest BCUT2D eigenvalue weighted by Gasteiger charge is -2.17. The quantitative estimate of drug-likeness (QED) is 0.617. The van der Waals surface area contributed by atoms with Crippen LogP contribution in [0.4, 0.5) is 18.9 Å². The fraction of sp³-hybridized carbons (Fsp3) is 0.250. The molecule has 0 saturated heterocycles. The van der Waals surface area contributed by atoms with Crippen LogP contribution in [-0.4, -0.2) is 28.8 Å². The number of carbonyl (C=O) groups excluding carboxylic acids is 1. The molecule has 1 fully saturated rings. The number of rotatable bonds is 5. The number of halogens is 3. The standard InChI is InChI=1S/C24H19F3N2O3/c25-24(26,27)14-32-20-4-2-1-3-18(20)21-19-13-29(22(30)17(19)9-12-28-21)16-7-5-15(6-8-16)23(31)10-11-23/h1-9,12,31H,10-11,13-14H2. The molecule has 8 heteroatoms. The van der Waals surface area contributed by atoms with Crippen molar-refractivity contribution in [3.63, 3.8) is 0 Å². The third-order valence-corrected chi connectivity index (χ3v) is 5.82. The van der Waals surface area contributed by atoms with Crippen molar-refractivity contribution in [3.8, 4) is 17.0 Å². The summed E-state index contributed by atoms with van der Waals surface area (Å²) in [6.45, 7) is -1.18. The largest absolute Gasteiger partial charge is 0.483 e. The number of hydrogen-bond donors (Lipinski definition) is 1. The van der Waals surface area contributed by atoms with Crippen LogP contribution in [0.25, 0.3) is 11.3 Å². The molecule has 1 aliphatic carbocycles. The Bertz CT molecular complexity index is 1190. The van der Waals surface area contributed by atoms with Crippen LogP contribution in [0.2, 0.25) is 0 Å². The zero-order valence-electron chi connectivity index (χ0n) is 16.9. The number of anilines is 1. The molecule has 2 aliphatic rings. The smallest absolute Gasteiger partial charge is 0.422 e. The van der Waals surface area contributed by atoms with Crippen LogP contribution < -0.4 is 9.64 Å². The predicted octanol–water partition coefficient (Wildman–Crippen LogP) is 4.83. The van der Waals surface area contributed by atoms with Crippen LogP contribution in [0.5, 0.6) is 5.75 Å². The summed E-state index contributed by atoms with van der Waals surface area (Å²) in [5.74, 6) is -0.158. The second-order valence-electron chi connectivity index (χ2n) is 8.06. The first-order valence-electron chi connectivity index (χ1n) is 10.2. The average molecular weight is 440 g/mol. The van der Waals surface area contributed by atoms with Crippen molar-refractivity contribution in [2.45, 2.75) is 31.2 Å². The highest BCUT2D eigenvalue weighted by atomic mass is 19.4. The van der Waals surface area contributed by atoms with Crippen LogP contribution in [0.1, 0.15) is 34.3 Å². The molecule has 5 nitrogen and oxygen atoms in total. The van der Waals surface area contributed by atoms with Crippen LogP contribution in [0.15, 0.2) is 60.8 Å². The lowest BCUT2D eigenvalue weighted by atomic mass is 10.0. The monoisotopic (exact) mass is 440 g/mol. The van der Waals surface area contributed by atoms with Crippen LogP contribution >= 0.6 is 0 Å². The molecule has 0 radical (unpaired) electrons. The first kappa shape index (κ1) is 20.5. The normalized spacial score (nSPS) is 16.8. The summed E-state index contributed by atoms with van der Waals surface area (Å²) in [4.78, 5) is 19.0. The van der Waals surface area contributed by atoms with Gasteiger partial charge >= 0.3 is 6.18 Å². The zero-order valence-corrected chi connectivity index (χ0v) is 16.9. The maximum absolute atomic E-state index is 13.1. The van der Waals surface area contributed by atoms with E-state index in [0.717, 1.165) is 18.4 Å². The van der Waals surface area contributed by atoms with E-state index in [-0.39, 0.29) is 18.2 Å². The van der Waals surface area contributed by atoms with Gasteiger partial charge in [0.1, 0.15) is 5.75 Å². The van der Waals surface area contributed by atoms with Crippen molar-refractivity contribution in [2.24, 2.45) is 0 Å². The summed E-state index contributed by atoms with van der Waals surface area (Å²) < 4.78 is 43.1. The van der Waals surface area contributed by atoms with Gasteiger partial charge in [-0.2, -0.15) is 13.2 Å². The third kappa shape index (κ3) is 3.71. The zero-order chi connectivity index (χ0) is 22.5. The molecule has 1 aromatic heterocycles. The van der Waals surface area contributed by atoms with E-state index in [1.807, 2.05) is 12.1 Å². The van der Waals surface area contributed by atoms with Gasteiger partial charge in [0.05, 0.1) is 17.8 Å². The minimum atomic E-state index is -4.47. The number of carbonyl (C=O) groups is 1. The number of hydrogen-bond acceptors (Lipinski definition) is 4. The number of aromatic nitrogens is 1. The summed E-state index contributed by atoms with van der Waals surface area (Å²) in [6, 6.07) is 15.2. The van der Waals surface area contributed by atoms with E-state index in [0.29, 0.717) is 28.1 Å². The Morgan fingerprint density at radius 2 is 1.75 bits per heavy atom.